The Morgan fingerprint density at radius 2 is 2.11 bits per heavy atom. The molecule has 0 amide bonds. The van der Waals surface area contributed by atoms with E-state index in [1.54, 1.807) is 11.8 Å². The fraction of sp³-hybridized carbons (Fsp3) is 0.917. The Kier molecular flexibility index (Phi) is 5.00. The van der Waals surface area contributed by atoms with Gasteiger partial charge in [0.15, 0.2) is 0 Å². The number of hydrogen-bond acceptors (Lipinski definition) is 5. The lowest BCUT2D eigenvalue weighted by molar-refractivity contribution is 0.422. The normalized spacial score (nSPS) is 20.2. The van der Waals surface area contributed by atoms with Gasteiger partial charge in [0.05, 0.1) is 6.04 Å². The van der Waals surface area contributed by atoms with E-state index in [0.717, 1.165) is 11.6 Å². The molecule has 1 saturated carbocycles. The molecule has 2 rings (SSSR count). The molecule has 1 aliphatic rings. The minimum absolute atomic E-state index is 0.524. The molecule has 1 fully saturated rings. The summed E-state index contributed by atoms with van der Waals surface area (Å²) >= 11 is 1.79. The molecule has 5 nitrogen and oxygen atoms in total. The van der Waals surface area contributed by atoms with Crippen LogP contribution in [-0.4, -0.2) is 38.5 Å². The highest BCUT2D eigenvalue weighted by molar-refractivity contribution is 7.99. The first-order chi connectivity index (χ1) is 8.70. The quantitative estimate of drug-likeness (QED) is 0.803. The van der Waals surface area contributed by atoms with Crippen LogP contribution < -0.4 is 5.32 Å². The van der Waals surface area contributed by atoms with Gasteiger partial charge in [-0.25, -0.2) is 4.68 Å². The monoisotopic (exact) mass is 269 g/mol. The van der Waals surface area contributed by atoms with E-state index in [9.17, 15) is 0 Å². The van der Waals surface area contributed by atoms with Gasteiger partial charge in [-0.1, -0.05) is 31.5 Å². The van der Waals surface area contributed by atoms with Crippen LogP contribution in [0, 0.1) is 0 Å². The van der Waals surface area contributed by atoms with Crippen molar-refractivity contribution in [3.05, 3.63) is 0 Å². The van der Waals surface area contributed by atoms with Crippen molar-refractivity contribution < 1.29 is 0 Å². The molecule has 102 valence electrons. The molecular formula is C12H23N5S. The zero-order chi connectivity index (χ0) is 13.0. The maximum absolute atomic E-state index is 4.18. The van der Waals surface area contributed by atoms with Gasteiger partial charge < -0.3 is 5.32 Å². The van der Waals surface area contributed by atoms with Crippen molar-refractivity contribution in [2.45, 2.75) is 68.4 Å². The minimum Gasteiger partial charge on any atom is -0.317 e. The smallest absolute Gasteiger partial charge is 0.209 e. The lowest BCUT2D eigenvalue weighted by Crippen LogP contribution is -2.24. The van der Waals surface area contributed by atoms with Crippen LogP contribution in [0.2, 0.25) is 0 Å². The van der Waals surface area contributed by atoms with Crippen LogP contribution in [-0.2, 0) is 0 Å². The maximum Gasteiger partial charge on any atom is 0.209 e. The standard InChI is InChI=1S/C12H23N5S/c1-9(13-3)8-10(2)18-12-14-15-16-17(12)11-6-4-5-7-11/h9-11,13H,4-8H2,1-3H3. The third-order valence-corrected chi connectivity index (χ3v) is 4.69. The minimum atomic E-state index is 0.524. The third kappa shape index (κ3) is 3.45. The topological polar surface area (TPSA) is 55.6 Å². The van der Waals surface area contributed by atoms with Crippen LogP contribution in [0.4, 0.5) is 0 Å². The molecule has 1 heterocycles. The van der Waals surface area contributed by atoms with Crippen LogP contribution in [0.25, 0.3) is 0 Å². The van der Waals surface area contributed by atoms with E-state index in [-0.39, 0.29) is 0 Å². The number of rotatable bonds is 6. The Morgan fingerprint density at radius 1 is 1.39 bits per heavy atom. The predicted molar refractivity (Wildman–Crippen MR) is 73.8 cm³/mol. The van der Waals surface area contributed by atoms with Gasteiger partial charge in [0.25, 0.3) is 0 Å². The Hall–Kier alpha value is -0.620. The number of nitrogens with zero attached hydrogens (tertiary/aromatic N) is 4. The summed E-state index contributed by atoms with van der Waals surface area (Å²) in [7, 11) is 2.00. The molecular weight excluding hydrogens is 246 g/mol. The Balaban J connectivity index is 1.94. The molecule has 0 bridgehead atoms. The molecule has 2 atom stereocenters. The van der Waals surface area contributed by atoms with Crippen molar-refractivity contribution in [2.24, 2.45) is 0 Å². The highest BCUT2D eigenvalue weighted by Crippen LogP contribution is 2.33. The van der Waals surface area contributed by atoms with Gasteiger partial charge in [0.1, 0.15) is 0 Å². The van der Waals surface area contributed by atoms with Crippen molar-refractivity contribution in [1.82, 2.24) is 25.5 Å². The maximum atomic E-state index is 4.18. The van der Waals surface area contributed by atoms with Crippen molar-refractivity contribution in [2.75, 3.05) is 7.05 Å². The average Bonchev–Trinajstić information content (AvgIpc) is 2.98. The van der Waals surface area contributed by atoms with Gasteiger partial charge in [-0.15, -0.1) is 5.10 Å². The van der Waals surface area contributed by atoms with Crippen LogP contribution >= 0.6 is 11.8 Å². The lowest BCUT2D eigenvalue weighted by atomic mass is 10.2. The summed E-state index contributed by atoms with van der Waals surface area (Å²) < 4.78 is 2.04. The number of aromatic nitrogens is 4. The first-order valence-corrected chi connectivity index (χ1v) is 7.70. The second-order valence-electron chi connectivity index (χ2n) is 5.20. The first-order valence-electron chi connectivity index (χ1n) is 6.82. The van der Waals surface area contributed by atoms with Gasteiger partial charge >= 0.3 is 0 Å². The van der Waals surface area contributed by atoms with Crippen molar-refractivity contribution in [3.63, 3.8) is 0 Å². The summed E-state index contributed by atoms with van der Waals surface area (Å²) in [6.07, 6.45) is 6.18. The second kappa shape index (κ2) is 6.52. The van der Waals surface area contributed by atoms with Crippen molar-refractivity contribution in [3.8, 4) is 0 Å². The molecule has 0 spiro atoms. The van der Waals surface area contributed by atoms with Crippen LogP contribution in [0.1, 0.15) is 52.0 Å². The Morgan fingerprint density at radius 3 is 2.78 bits per heavy atom. The van der Waals surface area contributed by atoms with Gasteiger partial charge in [-0.2, -0.15) is 0 Å². The number of hydrogen-bond donors (Lipinski definition) is 1. The zero-order valence-corrected chi connectivity index (χ0v) is 12.3. The highest BCUT2D eigenvalue weighted by Gasteiger charge is 2.22. The van der Waals surface area contributed by atoms with Gasteiger partial charge in [-0.05, 0) is 43.7 Å². The molecule has 0 saturated heterocycles. The number of thioether (sulfide) groups is 1. The van der Waals surface area contributed by atoms with E-state index in [0.29, 0.717) is 17.3 Å². The number of nitrogens with one attached hydrogen (secondary N) is 1. The molecule has 0 radical (unpaired) electrons. The fourth-order valence-corrected chi connectivity index (χ4v) is 3.61. The second-order valence-corrected chi connectivity index (χ2v) is 6.60. The van der Waals surface area contributed by atoms with E-state index in [4.69, 9.17) is 0 Å². The molecule has 2 unspecified atom stereocenters. The fourth-order valence-electron chi connectivity index (χ4n) is 2.48. The van der Waals surface area contributed by atoms with Gasteiger partial charge in [-0.3, -0.25) is 0 Å². The summed E-state index contributed by atoms with van der Waals surface area (Å²) in [4.78, 5) is 0. The summed E-state index contributed by atoms with van der Waals surface area (Å²) in [5.74, 6) is 0. The van der Waals surface area contributed by atoms with Gasteiger partial charge in [0, 0.05) is 11.3 Å². The molecule has 1 N–H and O–H groups in total. The van der Waals surface area contributed by atoms with Gasteiger partial charge in [0.2, 0.25) is 5.16 Å². The average molecular weight is 269 g/mol. The predicted octanol–water partition coefficient (Wildman–Crippen LogP) is 2.27. The summed E-state index contributed by atoms with van der Waals surface area (Å²) in [6.45, 7) is 4.45. The van der Waals surface area contributed by atoms with Crippen LogP contribution in [0.5, 0.6) is 0 Å². The lowest BCUT2D eigenvalue weighted by Gasteiger charge is -2.17. The summed E-state index contributed by atoms with van der Waals surface area (Å²) in [5.41, 5.74) is 0. The van der Waals surface area contributed by atoms with E-state index in [1.165, 1.54) is 25.7 Å². The van der Waals surface area contributed by atoms with E-state index in [2.05, 4.69) is 34.7 Å². The highest BCUT2D eigenvalue weighted by atomic mass is 32.2. The van der Waals surface area contributed by atoms with Crippen LogP contribution in [0.3, 0.4) is 0 Å². The molecule has 0 aliphatic heterocycles. The SMILES string of the molecule is CNC(C)CC(C)Sc1nnnn1C1CCCC1. The van der Waals surface area contributed by atoms with E-state index >= 15 is 0 Å². The van der Waals surface area contributed by atoms with Crippen molar-refractivity contribution in [1.29, 1.82) is 0 Å². The van der Waals surface area contributed by atoms with Crippen LogP contribution in [0.15, 0.2) is 5.16 Å². The van der Waals surface area contributed by atoms with Crippen molar-refractivity contribution >= 4 is 11.8 Å². The van der Waals surface area contributed by atoms with E-state index < -0.39 is 0 Å². The Bertz CT molecular complexity index is 361. The summed E-state index contributed by atoms with van der Waals surface area (Å²) in [6, 6.07) is 1.06. The zero-order valence-electron chi connectivity index (χ0n) is 11.5. The molecule has 1 aliphatic carbocycles. The molecule has 1 aromatic rings. The Labute approximate surface area is 113 Å². The first kappa shape index (κ1) is 13.8. The third-order valence-electron chi connectivity index (χ3n) is 3.62. The summed E-state index contributed by atoms with van der Waals surface area (Å²) in [5, 5.41) is 17.0. The largest absolute Gasteiger partial charge is 0.317 e. The number of tetrazole rings is 1. The molecule has 0 aromatic carbocycles. The van der Waals surface area contributed by atoms with E-state index in [1.807, 2.05) is 11.7 Å². The molecule has 1 aromatic heterocycles. The molecule has 18 heavy (non-hydrogen) atoms. The molecule has 6 heteroatoms.